The van der Waals surface area contributed by atoms with Gasteiger partial charge in [-0.2, -0.15) is 0 Å². The molecule has 0 radical (unpaired) electrons. The first-order chi connectivity index (χ1) is 21.8. The Balaban J connectivity index is 1.83. The number of carbonyl (C=O) groups excluding carboxylic acids is 2. The number of sulfonamides is 1. The summed E-state index contributed by atoms with van der Waals surface area (Å²) >= 11 is 12.8. The summed E-state index contributed by atoms with van der Waals surface area (Å²) in [4.78, 5) is 30.0. The van der Waals surface area contributed by atoms with Gasteiger partial charge < -0.3 is 10.2 Å². The lowest BCUT2D eigenvalue weighted by atomic mass is 10.0. The quantitative estimate of drug-likeness (QED) is 0.170. The van der Waals surface area contributed by atoms with Gasteiger partial charge in [-0.15, -0.1) is 0 Å². The Hall–Kier alpha value is -3.85. The monoisotopic (exact) mass is 679 g/mol. The van der Waals surface area contributed by atoms with E-state index in [9.17, 15) is 18.0 Å². The molecule has 0 unspecified atom stereocenters. The maximum Gasteiger partial charge on any atom is 0.264 e. The molecular formula is C36H39Cl2N3O4S. The molecule has 0 aromatic heterocycles. The molecule has 0 fully saturated rings. The molecule has 4 aromatic rings. The van der Waals surface area contributed by atoms with E-state index in [0.717, 1.165) is 21.9 Å². The van der Waals surface area contributed by atoms with Crippen LogP contribution in [0.1, 0.15) is 44.4 Å². The second kappa shape index (κ2) is 15.2. The van der Waals surface area contributed by atoms with Crippen LogP contribution in [0.25, 0.3) is 0 Å². The van der Waals surface area contributed by atoms with Crippen molar-refractivity contribution in [1.82, 2.24) is 10.2 Å². The molecule has 10 heteroatoms. The summed E-state index contributed by atoms with van der Waals surface area (Å²) in [6.45, 7) is 6.98. The van der Waals surface area contributed by atoms with E-state index in [-0.39, 0.29) is 23.8 Å². The number of halogens is 2. The van der Waals surface area contributed by atoms with Gasteiger partial charge in [-0.05, 0) is 80.3 Å². The highest BCUT2D eigenvalue weighted by atomic mass is 35.5. The predicted molar refractivity (Wildman–Crippen MR) is 186 cm³/mol. The minimum Gasteiger partial charge on any atom is -0.350 e. The van der Waals surface area contributed by atoms with Gasteiger partial charge in [0.05, 0.1) is 10.6 Å². The summed E-state index contributed by atoms with van der Waals surface area (Å²) in [5.41, 5.74) is 2.15. The normalized spacial score (nSPS) is 12.3. The van der Waals surface area contributed by atoms with E-state index in [1.807, 2.05) is 70.2 Å². The molecule has 0 aliphatic heterocycles. The van der Waals surface area contributed by atoms with Crippen molar-refractivity contribution in [2.75, 3.05) is 10.8 Å². The van der Waals surface area contributed by atoms with Gasteiger partial charge in [0.25, 0.3) is 10.0 Å². The van der Waals surface area contributed by atoms with Crippen LogP contribution in [0.2, 0.25) is 10.0 Å². The maximum absolute atomic E-state index is 14.6. The third-order valence-corrected chi connectivity index (χ3v) is 9.74. The molecule has 1 atom stereocenters. The topological polar surface area (TPSA) is 86.8 Å². The summed E-state index contributed by atoms with van der Waals surface area (Å²) in [6, 6.07) is 28.4. The van der Waals surface area contributed by atoms with E-state index in [1.54, 1.807) is 48.5 Å². The Morgan fingerprint density at radius 1 is 0.826 bits per heavy atom. The number of nitrogens with zero attached hydrogens (tertiary/aromatic N) is 2. The fourth-order valence-electron chi connectivity index (χ4n) is 4.99. The van der Waals surface area contributed by atoms with Gasteiger partial charge in [0, 0.05) is 28.5 Å². The van der Waals surface area contributed by atoms with Crippen LogP contribution < -0.4 is 9.62 Å². The third kappa shape index (κ3) is 9.12. The molecule has 0 saturated carbocycles. The molecule has 242 valence electrons. The lowest BCUT2D eigenvalue weighted by molar-refractivity contribution is -0.140. The van der Waals surface area contributed by atoms with Gasteiger partial charge >= 0.3 is 0 Å². The number of hydrogen-bond donors (Lipinski definition) is 1. The highest BCUT2D eigenvalue weighted by Gasteiger charge is 2.36. The number of carbonyl (C=O) groups is 2. The molecule has 0 bridgehead atoms. The van der Waals surface area contributed by atoms with Crippen molar-refractivity contribution in [3.8, 4) is 0 Å². The van der Waals surface area contributed by atoms with Crippen molar-refractivity contribution in [2.24, 2.45) is 0 Å². The summed E-state index contributed by atoms with van der Waals surface area (Å²) in [5, 5.41) is 3.77. The Morgan fingerprint density at radius 3 is 2.00 bits per heavy atom. The molecule has 0 saturated heterocycles. The zero-order chi connectivity index (χ0) is 33.5. The molecule has 4 aromatic carbocycles. The maximum atomic E-state index is 14.6. The smallest absolute Gasteiger partial charge is 0.264 e. The number of amides is 2. The van der Waals surface area contributed by atoms with Gasteiger partial charge in [0.1, 0.15) is 12.6 Å². The Kier molecular flexibility index (Phi) is 11.5. The van der Waals surface area contributed by atoms with E-state index in [2.05, 4.69) is 5.32 Å². The molecular weight excluding hydrogens is 641 g/mol. The number of anilines is 1. The molecule has 1 N–H and O–H groups in total. The van der Waals surface area contributed by atoms with Gasteiger partial charge in [0.15, 0.2) is 0 Å². The fourth-order valence-corrected chi connectivity index (χ4v) is 6.89. The van der Waals surface area contributed by atoms with Gasteiger partial charge in [-0.25, -0.2) is 8.42 Å². The van der Waals surface area contributed by atoms with Crippen LogP contribution in [0.5, 0.6) is 0 Å². The largest absolute Gasteiger partial charge is 0.350 e. The highest BCUT2D eigenvalue weighted by Crippen LogP contribution is 2.27. The number of hydrogen-bond acceptors (Lipinski definition) is 4. The number of rotatable bonds is 12. The van der Waals surface area contributed by atoms with E-state index in [4.69, 9.17) is 23.2 Å². The van der Waals surface area contributed by atoms with Crippen LogP contribution in [0.3, 0.4) is 0 Å². The first kappa shape index (κ1) is 35.0. The second-order valence-electron chi connectivity index (χ2n) is 12.0. The lowest BCUT2D eigenvalue weighted by Gasteiger charge is -2.35. The zero-order valence-corrected chi connectivity index (χ0v) is 28.7. The highest BCUT2D eigenvalue weighted by molar-refractivity contribution is 7.92. The number of benzene rings is 4. The van der Waals surface area contributed by atoms with Gasteiger partial charge in [0.2, 0.25) is 11.8 Å². The van der Waals surface area contributed by atoms with Crippen LogP contribution in [0.15, 0.2) is 108 Å². The Morgan fingerprint density at radius 2 is 1.43 bits per heavy atom. The van der Waals surface area contributed by atoms with Crippen LogP contribution in [-0.2, 0) is 39.0 Å². The molecule has 0 aliphatic rings. The van der Waals surface area contributed by atoms with Crippen molar-refractivity contribution in [3.63, 3.8) is 0 Å². The molecule has 4 rings (SSSR count). The molecule has 0 heterocycles. The minimum atomic E-state index is -4.18. The standard InChI is InChI=1S/C36H39Cl2N3O4S/c1-5-26-16-20-30(21-17-26)41(46(44,45)31-14-10-7-11-15-31)25-34(42)40(24-28-18-19-29(37)23-32(28)38)33(35(43)39-36(2,3)4)22-27-12-8-6-9-13-27/h6-21,23,33H,5,22,24-25H2,1-4H3,(H,39,43)/t33-/m1/s1. The van der Waals surface area contributed by atoms with Crippen LogP contribution >= 0.6 is 23.2 Å². The molecule has 0 aliphatic carbocycles. The van der Waals surface area contributed by atoms with Crippen molar-refractivity contribution >= 4 is 50.7 Å². The van der Waals surface area contributed by atoms with Gasteiger partial charge in [-0.1, -0.05) is 96.9 Å². The first-order valence-corrected chi connectivity index (χ1v) is 17.2. The van der Waals surface area contributed by atoms with Crippen LogP contribution in [0, 0.1) is 0 Å². The van der Waals surface area contributed by atoms with Crippen molar-refractivity contribution < 1.29 is 18.0 Å². The summed E-state index contributed by atoms with van der Waals surface area (Å²) in [7, 11) is -4.18. The molecule has 2 amide bonds. The van der Waals surface area contributed by atoms with E-state index in [1.165, 1.54) is 17.0 Å². The lowest BCUT2D eigenvalue weighted by Crippen LogP contribution is -2.56. The van der Waals surface area contributed by atoms with Crippen molar-refractivity contribution in [3.05, 3.63) is 130 Å². The summed E-state index contributed by atoms with van der Waals surface area (Å²) in [6.07, 6.45) is 0.959. The third-order valence-electron chi connectivity index (χ3n) is 7.37. The molecule has 46 heavy (non-hydrogen) atoms. The number of nitrogens with one attached hydrogen (secondary N) is 1. The average molecular weight is 681 g/mol. The summed E-state index contributed by atoms with van der Waals surface area (Å²) in [5.74, 6) is -0.949. The predicted octanol–water partition coefficient (Wildman–Crippen LogP) is 7.31. The second-order valence-corrected chi connectivity index (χ2v) is 14.8. The SMILES string of the molecule is CCc1ccc(N(CC(=O)N(Cc2ccc(Cl)cc2Cl)[C@H](Cc2ccccc2)C(=O)NC(C)(C)C)S(=O)(=O)c2ccccc2)cc1. The van der Waals surface area contributed by atoms with E-state index in [0.29, 0.717) is 21.3 Å². The fraction of sp³-hybridized carbons (Fsp3) is 0.278. The minimum absolute atomic E-state index is 0.0426. The first-order valence-electron chi connectivity index (χ1n) is 15.0. The Labute approximate surface area is 282 Å². The van der Waals surface area contributed by atoms with Crippen molar-refractivity contribution in [1.29, 1.82) is 0 Å². The van der Waals surface area contributed by atoms with Crippen molar-refractivity contribution in [2.45, 2.75) is 63.6 Å². The Bertz CT molecular complexity index is 1740. The molecule has 0 spiro atoms. The number of aryl methyl sites for hydroxylation is 1. The van der Waals surface area contributed by atoms with E-state index < -0.39 is 34.1 Å². The van der Waals surface area contributed by atoms with Crippen LogP contribution in [0.4, 0.5) is 5.69 Å². The zero-order valence-electron chi connectivity index (χ0n) is 26.4. The van der Waals surface area contributed by atoms with Crippen LogP contribution in [-0.4, -0.2) is 43.3 Å². The summed E-state index contributed by atoms with van der Waals surface area (Å²) < 4.78 is 29.3. The van der Waals surface area contributed by atoms with Gasteiger partial charge in [-0.3, -0.25) is 13.9 Å². The molecule has 7 nitrogen and oxygen atoms in total. The average Bonchev–Trinajstić information content (AvgIpc) is 3.02. The van der Waals surface area contributed by atoms with E-state index >= 15 is 0 Å².